The Bertz CT molecular complexity index is 562. The number of benzene rings is 1. The van der Waals surface area contributed by atoms with E-state index >= 15 is 0 Å². The molecule has 0 amide bonds. The van der Waals surface area contributed by atoms with E-state index in [-0.39, 0.29) is 0 Å². The SMILES string of the molecule is Clc1ccccc1Cc1cccc([C@@H]2CCCN2)n1. The third-order valence-electron chi connectivity index (χ3n) is 3.58. The van der Waals surface area contributed by atoms with Crippen LogP contribution in [-0.4, -0.2) is 11.5 Å². The number of nitrogens with zero attached hydrogens (tertiary/aromatic N) is 1. The molecule has 3 heteroatoms. The second kappa shape index (κ2) is 5.72. The van der Waals surface area contributed by atoms with Crippen molar-refractivity contribution < 1.29 is 0 Å². The Balaban J connectivity index is 1.81. The molecule has 0 radical (unpaired) electrons. The van der Waals surface area contributed by atoms with Crippen LogP contribution in [-0.2, 0) is 6.42 Å². The minimum Gasteiger partial charge on any atom is -0.309 e. The van der Waals surface area contributed by atoms with E-state index in [1.165, 1.54) is 12.8 Å². The van der Waals surface area contributed by atoms with Crippen molar-refractivity contribution in [2.45, 2.75) is 25.3 Å². The lowest BCUT2D eigenvalue weighted by Crippen LogP contribution is -2.14. The molecule has 1 aromatic heterocycles. The van der Waals surface area contributed by atoms with Gasteiger partial charge in [0.2, 0.25) is 0 Å². The first-order valence-corrected chi connectivity index (χ1v) is 7.13. The Morgan fingerprint density at radius 3 is 2.84 bits per heavy atom. The molecule has 19 heavy (non-hydrogen) atoms. The third-order valence-corrected chi connectivity index (χ3v) is 3.94. The van der Waals surface area contributed by atoms with Crippen molar-refractivity contribution in [3.05, 3.63) is 64.4 Å². The Labute approximate surface area is 118 Å². The molecule has 2 heterocycles. The molecule has 0 bridgehead atoms. The van der Waals surface area contributed by atoms with Crippen LogP contribution in [0.4, 0.5) is 0 Å². The van der Waals surface area contributed by atoms with Gasteiger partial charge in [-0.25, -0.2) is 0 Å². The summed E-state index contributed by atoms with van der Waals surface area (Å²) in [6, 6.07) is 14.7. The largest absolute Gasteiger partial charge is 0.309 e. The van der Waals surface area contributed by atoms with E-state index in [4.69, 9.17) is 16.6 Å². The van der Waals surface area contributed by atoms with E-state index < -0.39 is 0 Å². The topological polar surface area (TPSA) is 24.9 Å². The van der Waals surface area contributed by atoms with Crippen molar-refractivity contribution in [1.82, 2.24) is 10.3 Å². The number of nitrogens with one attached hydrogen (secondary N) is 1. The molecule has 3 rings (SSSR count). The van der Waals surface area contributed by atoms with Crippen molar-refractivity contribution in [2.75, 3.05) is 6.54 Å². The summed E-state index contributed by atoms with van der Waals surface area (Å²) in [6.07, 6.45) is 3.21. The highest BCUT2D eigenvalue weighted by Gasteiger charge is 2.17. The number of rotatable bonds is 3. The summed E-state index contributed by atoms with van der Waals surface area (Å²) in [5, 5.41) is 4.30. The van der Waals surface area contributed by atoms with Gasteiger partial charge in [-0.05, 0) is 43.1 Å². The first kappa shape index (κ1) is 12.6. The van der Waals surface area contributed by atoms with E-state index in [2.05, 4.69) is 29.6 Å². The lowest BCUT2D eigenvalue weighted by atomic mass is 10.1. The van der Waals surface area contributed by atoms with Gasteiger partial charge in [0.25, 0.3) is 0 Å². The smallest absolute Gasteiger partial charge is 0.0576 e. The Morgan fingerprint density at radius 2 is 2.05 bits per heavy atom. The number of aromatic nitrogens is 1. The summed E-state index contributed by atoms with van der Waals surface area (Å²) >= 11 is 6.20. The van der Waals surface area contributed by atoms with Crippen LogP contribution >= 0.6 is 11.6 Å². The minimum atomic E-state index is 0.422. The van der Waals surface area contributed by atoms with Gasteiger partial charge in [-0.2, -0.15) is 0 Å². The lowest BCUT2D eigenvalue weighted by Gasteiger charge is -2.11. The highest BCUT2D eigenvalue weighted by molar-refractivity contribution is 6.31. The summed E-state index contributed by atoms with van der Waals surface area (Å²) in [4.78, 5) is 4.77. The zero-order chi connectivity index (χ0) is 13.1. The van der Waals surface area contributed by atoms with Crippen LogP contribution in [0.5, 0.6) is 0 Å². The highest BCUT2D eigenvalue weighted by Crippen LogP contribution is 2.23. The van der Waals surface area contributed by atoms with E-state index in [0.717, 1.165) is 34.9 Å². The zero-order valence-corrected chi connectivity index (χ0v) is 11.5. The van der Waals surface area contributed by atoms with Crippen molar-refractivity contribution in [3.8, 4) is 0 Å². The molecule has 1 saturated heterocycles. The Hall–Kier alpha value is -1.38. The molecule has 1 atom stereocenters. The van der Waals surface area contributed by atoms with Crippen molar-refractivity contribution in [1.29, 1.82) is 0 Å². The van der Waals surface area contributed by atoms with Gasteiger partial charge in [-0.3, -0.25) is 4.98 Å². The molecule has 1 aliphatic heterocycles. The first-order chi connectivity index (χ1) is 9.33. The fourth-order valence-corrected chi connectivity index (χ4v) is 2.77. The molecule has 1 aliphatic rings. The molecular weight excluding hydrogens is 256 g/mol. The number of hydrogen-bond acceptors (Lipinski definition) is 2. The van der Waals surface area contributed by atoms with Crippen LogP contribution in [0.25, 0.3) is 0 Å². The standard InChI is InChI=1S/C16H17ClN2/c17-14-7-2-1-5-12(14)11-13-6-3-8-16(19-13)15-9-4-10-18-15/h1-3,5-8,15,18H,4,9-11H2/t15-/m0/s1. The van der Waals surface area contributed by atoms with Crippen molar-refractivity contribution in [3.63, 3.8) is 0 Å². The monoisotopic (exact) mass is 272 g/mol. The Morgan fingerprint density at radius 1 is 1.16 bits per heavy atom. The van der Waals surface area contributed by atoms with Crippen LogP contribution in [0.2, 0.25) is 5.02 Å². The quantitative estimate of drug-likeness (QED) is 0.920. The summed E-state index contributed by atoms with van der Waals surface area (Å²) in [6.45, 7) is 1.10. The van der Waals surface area contributed by atoms with E-state index in [1.54, 1.807) is 0 Å². The molecular formula is C16H17ClN2. The third kappa shape index (κ3) is 2.96. The van der Waals surface area contributed by atoms with Crippen molar-refractivity contribution >= 4 is 11.6 Å². The molecule has 0 aliphatic carbocycles. The van der Waals surface area contributed by atoms with Gasteiger partial charge in [-0.1, -0.05) is 35.9 Å². The van der Waals surface area contributed by atoms with Gasteiger partial charge in [0.15, 0.2) is 0 Å². The van der Waals surface area contributed by atoms with Gasteiger partial charge in [0, 0.05) is 23.2 Å². The second-order valence-electron chi connectivity index (χ2n) is 4.97. The molecule has 1 aromatic carbocycles. The van der Waals surface area contributed by atoms with Crippen LogP contribution in [0, 0.1) is 0 Å². The lowest BCUT2D eigenvalue weighted by molar-refractivity contribution is 0.625. The molecule has 2 aromatic rings. The maximum absolute atomic E-state index is 6.20. The maximum Gasteiger partial charge on any atom is 0.0576 e. The van der Waals surface area contributed by atoms with Crippen LogP contribution in [0.15, 0.2) is 42.5 Å². The average Bonchev–Trinajstić information content (AvgIpc) is 2.96. The summed E-state index contributed by atoms with van der Waals surface area (Å²) < 4.78 is 0. The molecule has 0 unspecified atom stereocenters. The molecule has 0 spiro atoms. The van der Waals surface area contributed by atoms with Crippen LogP contribution in [0.1, 0.15) is 35.8 Å². The fraction of sp³-hybridized carbons (Fsp3) is 0.312. The summed E-state index contributed by atoms with van der Waals surface area (Å²) in [5.74, 6) is 0. The van der Waals surface area contributed by atoms with Crippen LogP contribution < -0.4 is 5.32 Å². The van der Waals surface area contributed by atoms with Crippen LogP contribution in [0.3, 0.4) is 0 Å². The maximum atomic E-state index is 6.20. The number of hydrogen-bond donors (Lipinski definition) is 1. The predicted octanol–water partition coefficient (Wildman–Crippen LogP) is 3.75. The minimum absolute atomic E-state index is 0.422. The molecule has 98 valence electrons. The number of pyridine rings is 1. The van der Waals surface area contributed by atoms with Gasteiger partial charge in [-0.15, -0.1) is 0 Å². The molecule has 1 N–H and O–H groups in total. The first-order valence-electron chi connectivity index (χ1n) is 6.75. The van der Waals surface area contributed by atoms with E-state index in [0.29, 0.717) is 6.04 Å². The molecule has 2 nitrogen and oxygen atoms in total. The van der Waals surface area contributed by atoms with Crippen molar-refractivity contribution in [2.24, 2.45) is 0 Å². The van der Waals surface area contributed by atoms with Gasteiger partial charge < -0.3 is 5.32 Å². The summed E-state index contributed by atoms with van der Waals surface area (Å²) in [7, 11) is 0. The Kier molecular flexibility index (Phi) is 3.81. The zero-order valence-electron chi connectivity index (χ0n) is 10.8. The van der Waals surface area contributed by atoms with E-state index in [9.17, 15) is 0 Å². The van der Waals surface area contributed by atoms with Gasteiger partial charge >= 0.3 is 0 Å². The average molecular weight is 273 g/mol. The van der Waals surface area contributed by atoms with Gasteiger partial charge in [0.1, 0.15) is 0 Å². The fourth-order valence-electron chi connectivity index (χ4n) is 2.56. The number of halogens is 1. The molecule has 1 fully saturated rings. The normalized spacial score (nSPS) is 18.7. The predicted molar refractivity (Wildman–Crippen MR) is 78.5 cm³/mol. The summed E-state index contributed by atoms with van der Waals surface area (Å²) in [5.41, 5.74) is 3.37. The van der Waals surface area contributed by atoms with E-state index in [1.807, 2.05) is 18.2 Å². The second-order valence-corrected chi connectivity index (χ2v) is 5.38. The van der Waals surface area contributed by atoms with Gasteiger partial charge in [0.05, 0.1) is 5.69 Å². The molecule has 0 saturated carbocycles. The highest BCUT2D eigenvalue weighted by atomic mass is 35.5.